The molecule has 1 aliphatic carbocycles. The molecule has 8 nitrogen and oxygen atoms in total. The van der Waals surface area contributed by atoms with E-state index in [4.69, 9.17) is 10.8 Å². The smallest absolute Gasteiger partial charge is 0.401 e. The molecule has 3 N–H and O–H groups in total. The van der Waals surface area contributed by atoms with Crippen LogP contribution in [-0.2, 0) is 12.1 Å². The first-order valence-electron chi connectivity index (χ1n) is 13.0. The highest BCUT2D eigenvalue weighted by atomic mass is 19.4. The lowest BCUT2D eigenvalue weighted by atomic mass is 10.0. The normalized spacial score (nSPS) is 18.0. The number of rotatable bonds is 5. The molecular weight excluding hydrogens is 509 g/mol. The standard InChI is InChI=1S/C28H29F3N6O2/c1-16-21-9-7-19(26(38)35-11-3-4-20(32)15-35)14-37(21)34-24(16)22-12-18-8-10-23(27(2,39)28(29,30)31)33-25(18)36(22)13-17-5-6-17/h4,7-10,12,14,17,39H,3,5-6,11,13,15,32H2,1-2H3. The highest BCUT2D eigenvalue weighted by Gasteiger charge is 2.52. The molecule has 4 aromatic heterocycles. The summed E-state index contributed by atoms with van der Waals surface area (Å²) in [7, 11) is 0. The minimum atomic E-state index is -4.87. The van der Waals surface area contributed by atoms with Crippen molar-refractivity contribution in [2.24, 2.45) is 11.7 Å². The number of halogens is 3. The fourth-order valence-corrected chi connectivity index (χ4v) is 5.15. The fourth-order valence-electron chi connectivity index (χ4n) is 5.15. The maximum absolute atomic E-state index is 13.6. The zero-order valence-corrected chi connectivity index (χ0v) is 21.7. The molecule has 0 aromatic carbocycles. The summed E-state index contributed by atoms with van der Waals surface area (Å²) in [5, 5.41) is 15.7. The van der Waals surface area contributed by atoms with Crippen LogP contribution in [-0.4, -0.2) is 54.3 Å². The molecule has 5 heterocycles. The van der Waals surface area contributed by atoms with E-state index in [1.165, 1.54) is 6.07 Å². The Morgan fingerprint density at radius 1 is 1.21 bits per heavy atom. The zero-order chi connectivity index (χ0) is 27.7. The van der Waals surface area contributed by atoms with Crippen molar-refractivity contribution in [1.29, 1.82) is 0 Å². The van der Waals surface area contributed by atoms with Crippen LogP contribution in [0.4, 0.5) is 13.2 Å². The maximum Gasteiger partial charge on any atom is 0.422 e. The molecule has 0 radical (unpaired) electrons. The number of carbonyl (C=O) groups is 1. The van der Waals surface area contributed by atoms with Gasteiger partial charge in [0.25, 0.3) is 5.91 Å². The first-order valence-corrected chi connectivity index (χ1v) is 13.0. The van der Waals surface area contributed by atoms with E-state index in [1.54, 1.807) is 27.7 Å². The second-order valence-electron chi connectivity index (χ2n) is 10.8. The molecular formula is C28H29F3N6O2. The van der Waals surface area contributed by atoms with Crippen LogP contribution in [0.25, 0.3) is 27.9 Å². The number of carbonyl (C=O) groups excluding carboxylic acids is 1. The highest BCUT2D eigenvalue weighted by molar-refractivity contribution is 5.95. The van der Waals surface area contributed by atoms with Crippen molar-refractivity contribution in [2.75, 3.05) is 13.1 Å². The maximum atomic E-state index is 13.6. The Balaban J connectivity index is 1.44. The van der Waals surface area contributed by atoms with Gasteiger partial charge in [0.05, 0.1) is 29.0 Å². The van der Waals surface area contributed by atoms with E-state index in [-0.39, 0.29) is 5.91 Å². The number of nitrogens with two attached hydrogens (primary N) is 1. The first kappa shape index (κ1) is 25.4. The number of aryl methyl sites for hydroxylation is 1. The molecule has 39 heavy (non-hydrogen) atoms. The third-order valence-electron chi connectivity index (χ3n) is 7.76. The van der Waals surface area contributed by atoms with E-state index in [1.807, 2.05) is 29.7 Å². The largest absolute Gasteiger partial charge is 0.422 e. The van der Waals surface area contributed by atoms with Crippen LogP contribution in [0.1, 0.15) is 47.8 Å². The minimum Gasteiger partial charge on any atom is -0.401 e. The SMILES string of the molecule is Cc1c(-c2cc3ccc(C(C)(O)C(F)(F)F)nc3n2CC2CC2)nn2cc(C(=O)N3CCC=C(N)C3)ccc12. The summed E-state index contributed by atoms with van der Waals surface area (Å²) in [6, 6.07) is 8.29. The van der Waals surface area contributed by atoms with Crippen LogP contribution in [0.5, 0.6) is 0 Å². The molecule has 1 atom stereocenters. The van der Waals surface area contributed by atoms with Gasteiger partial charge in [0, 0.05) is 35.9 Å². The Hall–Kier alpha value is -3.86. The van der Waals surface area contributed by atoms with Crippen LogP contribution in [0.15, 0.2) is 48.3 Å². The molecule has 11 heteroatoms. The fraction of sp³-hybridized carbons (Fsp3) is 0.393. The number of aromatic nitrogens is 4. The molecule has 1 unspecified atom stereocenters. The van der Waals surface area contributed by atoms with E-state index in [9.17, 15) is 23.1 Å². The Kier molecular flexibility index (Phi) is 5.76. The average molecular weight is 539 g/mol. The van der Waals surface area contributed by atoms with Gasteiger partial charge in [0.1, 0.15) is 11.3 Å². The second-order valence-corrected chi connectivity index (χ2v) is 10.8. The summed E-state index contributed by atoms with van der Waals surface area (Å²) >= 11 is 0. The number of nitrogens with zero attached hydrogens (tertiary/aromatic N) is 5. The van der Waals surface area contributed by atoms with Gasteiger partial charge >= 0.3 is 6.18 Å². The number of fused-ring (bicyclic) bond motifs is 2. The van der Waals surface area contributed by atoms with Crippen LogP contribution in [0.2, 0.25) is 0 Å². The lowest BCUT2D eigenvalue weighted by molar-refractivity contribution is -0.260. The summed E-state index contributed by atoms with van der Waals surface area (Å²) in [4.78, 5) is 19.1. The van der Waals surface area contributed by atoms with Crippen LogP contribution in [0.3, 0.4) is 0 Å². The number of amides is 1. The van der Waals surface area contributed by atoms with Crippen molar-refractivity contribution in [2.45, 2.75) is 51.4 Å². The summed E-state index contributed by atoms with van der Waals surface area (Å²) in [6.07, 6.45) is 1.54. The van der Waals surface area contributed by atoms with Crippen molar-refractivity contribution in [3.8, 4) is 11.4 Å². The third kappa shape index (κ3) is 4.34. The summed E-state index contributed by atoms with van der Waals surface area (Å²) in [5.41, 5.74) is 7.03. The number of aliphatic hydroxyl groups is 1. The molecule has 1 aliphatic heterocycles. The Morgan fingerprint density at radius 2 is 1.97 bits per heavy atom. The average Bonchev–Trinajstić information content (AvgIpc) is 3.56. The van der Waals surface area contributed by atoms with Gasteiger partial charge in [-0.25, -0.2) is 9.50 Å². The summed E-state index contributed by atoms with van der Waals surface area (Å²) < 4.78 is 44.3. The van der Waals surface area contributed by atoms with Gasteiger partial charge in [-0.3, -0.25) is 4.79 Å². The monoisotopic (exact) mass is 538 g/mol. The van der Waals surface area contributed by atoms with Crippen LogP contribution in [0, 0.1) is 12.8 Å². The molecule has 204 valence electrons. The van der Waals surface area contributed by atoms with Crippen molar-refractivity contribution < 1.29 is 23.1 Å². The highest BCUT2D eigenvalue weighted by Crippen LogP contribution is 2.40. The molecule has 6 rings (SSSR count). The van der Waals surface area contributed by atoms with Gasteiger partial charge in [-0.15, -0.1) is 0 Å². The quantitative estimate of drug-likeness (QED) is 0.389. The molecule has 1 fully saturated rings. The predicted octanol–water partition coefficient (Wildman–Crippen LogP) is 4.53. The van der Waals surface area contributed by atoms with Gasteiger partial charge in [0.2, 0.25) is 0 Å². The molecule has 2 aliphatic rings. The third-order valence-corrected chi connectivity index (χ3v) is 7.76. The number of hydrogen-bond donors (Lipinski definition) is 2. The molecule has 4 aromatic rings. The predicted molar refractivity (Wildman–Crippen MR) is 140 cm³/mol. The van der Waals surface area contributed by atoms with E-state index < -0.39 is 17.5 Å². The van der Waals surface area contributed by atoms with Crippen molar-refractivity contribution >= 4 is 22.5 Å². The van der Waals surface area contributed by atoms with E-state index in [2.05, 4.69) is 4.98 Å². The van der Waals surface area contributed by atoms with Crippen molar-refractivity contribution in [3.05, 3.63) is 65.1 Å². The number of hydrogen-bond acceptors (Lipinski definition) is 5. The van der Waals surface area contributed by atoms with E-state index >= 15 is 0 Å². The molecule has 0 bridgehead atoms. The lowest BCUT2D eigenvalue weighted by Crippen LogP contribution is -2.40. The first-order chi connectivity index (χ1) is 18.4. The van der Waals surface area contributed by atoms with Gasteiger partial charge in [-0.2, -0.15) is 18.3 Å². The van der Waals surface area contributed by atoms with E-state index in [0.29, 0.717) is 60.0 Å². The minimum absolute atomic E-state index is 0.126. The Labute approximate surface area is 222 Å². The van der Waals surface area contributed by atoms with Crippen LogP contribution < -0.4 is 5.73 Å². The summed E-state index contributed by atoms with van der Waals surface area (Å²) in [5.74, 6) is 0.277. The lowest BCUT2D eigenvalue weighted by Gasteiger charge is -2.25. The molecule has 0 spiro atoms. The Bertz CT molecular complexity index is 1640. The molecule has 1 saturated carbocycles. The van der Waals surface area contributed by atoms with Crippen LogP contribution >= 0.6 is 0 Å². The van der Waals surface area contributed by atoms with Gasteiger partial charge in [0.15, 0.2) is 5.60 Å². The van der Waals surface area contributed by atoms with Gasteiger partial charge < -0.3 is 20.3 Å². The van der Waals surface area contributed by atoms with Crippen molar-refractivity contribution in [1.82, 2.24) is 24.1 Å². The topological polar surface area (TPSA) is 102 Å². The Morgan fingerprint density at radius 3 is 2.67 bits per heavy atom. The van der Waals surface area contributed by atoms with Gasteiger partial charge in [-0.05, 0) is 69.4 Å². The molecule has 0 saturated heterocycles. The summed E-state index contributed by atoms with van der Waals surface area (Å²) in [6.45, 7) is 4.22. The number of pyridine rings is 2. The number of alkyl halides is 3. The van der Waals surface area contributed by atoms with Gasteiger partial charge in [-0.1, -0.05) is 6.08 Å². The van der Waals surface area contributed by atoms with E-state index in [0.717, 1.165) is 36.5 Å². The zero-order valence-electron chi connectivity index (χ0n) is 21.7. The second kappa shape index (κ2) is 8.84. The van der Waals surface area contributed by atoms with Crippen molar-refractivity contribution in [3.63, 3.8) is 0 Å². The molecule has 1 amide bonds.